The molecular weight excluding hydrogens is 338 g/mol. The van der Waals surface area contributed by atoms with Gasteiger partial charge in [-0.1, -0.05) is 32.0 Å². The van der Waals surface area contributed by atoms with E-state index >= 15 is 0 Å². The molecule has 1 heterocycles. The molecule has 1 saturated heterocycles. The SMILES string of the molecule is CC(C)CCN(CCS(=O)(=O)N1CCNCC1)C(=O)c1ccccc1. The number of hydrogen-bond acceptors (Lipinski definition) is 4. The summed E-state index contributed by atoms with van der Waals surface area (Å²) in [6.07, 6.45) is 0.853. The molecule has 1 fully saturated rings. The van der Waals surface area contributed by atoms with Crippen molar-refractivity contribution < 1.29 is 13.2 Å². The van der Waals surface area contributed by atoms with Gasteiger partial charge in [-0.15, -0.1) is 0 Å². The Morgan fingerprint density at radius 1 is 1.16 bits per heavy atom. The third kappa shape index (κ3) is 6.09. The van der Waals surface area contributed by atoms with E-state index in [4.69, 9.17) is 0 Å². The molecule has 0 spiro atoms. The number of carbonyl (C=O) groups is 1. The van der Waals surface area contributed by atoms with Gasteiger partial charge in [0.25, 0.3) is 5.91 Å². The summed E-state index contributed by atoms with van der Waals surface area (Å²) in [6.45, 7) is 7.36. The summed E-state index contributed by atoms with van der Waals surface area (Å²) < 4.78 is 26.6. The minimum absolute atomic E-state index is 0.0241. The van der Waals surface area contributed by atoms with E-state index in [-0.39, 0.29) is 18.2 Å². The molecule has 0 radical (unpaired) electrons. The van der Waals surface area contributed by atoms with Crippen LogP contribution in [0.1, 0.15) is 30.6 Å². The lowest BCUT2D eigenvalue weighted by Crippen LogP contribution is -2.48. The largest absolute Gasteiger partial charge is 0.338 e. The smallest absolute Gasteiger partial charge is 0.253 e. The lowest BCUT2D eigenvalue weighted by molar-refractivity contribution is 0.0758. The molecule has 140 valence electrons. The first kappa shape index (κ1) is 19.9. The average molecular weight is 368 g/mol. The van der Waals surface area contributed by atoms with E-state index in [0.717, 1.165) is 6.42 Å². The van der Waals surface area contributed by atoms with Gasteiger partial charge in [0.15, 0.2) is 0 Å². The highest BCUT2D eigenvalue weighted by Gasteiger charge is 2.25. The maximum Gasteiger partial charge on any atom is 0.253 e. The molecule has 2 rings (SSSR count). The van der Waals surface area contributed by atoms with Gasteiger partial charge in [-0.05, 0) is 24.5 Å². The third-order valence-electron chi connectivity index (χ3n) is 4.37. The van der Waals surface area contributed by atoms with Crippen molar-refractivity contribution in [2.45, 2.75) is 20.3 Å². The Morgan fingerprint density at radius 3 is 2.40 bits per heavy atom. The molecule has 0 saturated carbocycles. The van der Waals surface area contributed by atoms with E-state index in [1.54, 1.807) is 17.0 Å². The van der Waals surface area contributed by atoms with Crippen LogP contribution in [0.15, 0.2) is 30.3 Å². The van der Waals surface area contributed by atoms with Crippen LogP contribution < -0.4 is 5.32 Å². The summed E-state index contributed by atoms with van der Waals surface area (Å²) in [5.74, 6) is 0.330. The number of piperazine rings is 1. The van der Waals surface area contributed by atoms with Gasteiger partial charge >= 0.3 is 0 Å². The molecule has 1 N–H and O–H groups in total. The highest BCUT2D eigenvalue weighted by atomic mass is 32.2. The number of rotatable bonds is 8. The number of sulfonamides is 1. The fourth-order valence-corrected chi connectivity index (χ4v) is 4.22. The van der Waals surface area contributed by atoms with E-state index in [1.807, 2.05) is 18.2 Å². The van der Waals surface area contributed by atoms with Gasteiger partial charge in [0.2, 0.25) is 10.0 Å². The van der Waals surface area contributed by atoms with E-state index in [9.17, 15) is 13.2 Å². The molecular formula is C18H29N3O3S. The van der Waals surface area contributed by atoms with Crippen LogP contribution in [0.25, 0.3) is 0 Å². The second kappa shape index (κ2) is 9.31. The molecule has 0 unspecified atom stereocenters. The van der Waals surface area contributed by atoms with Crippen LogP contribution in [0.4, 0.5) is 0 Å². The van der Waals surface area contributed by atoms with E-state index in [0.29, 0.717) is 44.2 Å². The number of nitrogens with zero attached hydrogens (tertiary/aromatic N) is 2. The van der Waals surface area contributed by atoms with Crippen molar-refractivity contribution in [2.24, 2.45) is 5.92 Å². The lowest BCUT2D eigenvalue weighted by Gasteiger charge is -2.29. The molecule has 6 nitrogen and oxygen atoms in total. The first-order valence-electron chi connectivity index (χ1n) is 8.93. The molecule has 1 aliphatic rings. The van der Waals surface area contributed by atoms with Gasteiger partial charge in [0, 0.05) is 44.8 Å². The fraction of sp³-hybridized carbons (Fsp3) is 0.611. The lowest BCUT2D eigenvalue weighted by atomic mass is 10.1. The molecule has 0 atom stereocenters. The molecule has 0 bridgehead atoms. The molecule has 7 heteroatoms. The zero-order valence-electron chi connectivity index (χ0n) is 15.1. The van der Waals surface area contributed by atoms with Crippen molar-refractivity contribution >= 4 is 15.9 Å². The van der Waals surface area contributed by atoms with Crippen molar-refractivity contribution in [3.05, 3.63) is 35.9 Å². The van der Waals surface area contributed by atoms with E-state index in [1.165, 1.54) is 4.31 Å². The number of nitrogens with one attached hydrogen (secondary N) is 1. The van der Waals surface area contributed by atoms with Crippen LogP contribution in [-0.4, -0.2) is 68.6 Å². The Balaban J connectivity index is 2.03. The highest BCUT2D eigenvalue weighted by molar-refractivity contribution is 7.89. The quantitative estimate of drug-likeness (QED) is 0.754. The predicted octanol–water partition coefficient (Wildman–Crippen LogP) is 1.41. The molecule has 0 aliphatic carbocycles. The maximum atomic E-state index is 12.8. The normalized spacial score (nSPS) is 16.1. The van der Waals surface area contributed by atoms with Crippen molar-refractivity contribution in [1.29, 1.82) is 0 Å². The molecule has 1 aromatic rings. The second-order valence-electron chi connectivity index (χ2n) is 6.81. The molecule has 0 aromatic heterocycles. The van der Waals surface area contributed by atoms with Gasteiger partial charge in [0.05, 0.1) is 5.75 Å². The van der Waals surface area contributed by atoms with Gasteiger partial charge in [-0.2, -0.15) is 4.31 Å². The third-order valence-corrected chi connectivity index (χ3v) is 6.22. The van der Waals surface area contributed by atoms with E-state index < -0.39 is 10.0 Å². The Labute approximate surface area is 151 Å². The summed E-state index contributed by atoms with van der Waals surface area (Å²) in [6, 6.07) is 9.06. The minimum Gasteiger partial charge on any atom is -0.338 e. The summed E-state index contributed by atoms with van der Waals surface area (Å²) >= 11 is 0. The van der Waals surface area contributed by atoms with Crippen LogP contribution in [0.3, 0.4) is 0 Å². The Kier molecular flexibility index (Phi) is 7.40. The van der Waals surface area contributed by atoms with Crippen molar-refractivity contribution in [1.82, 2.24) is 14.5 Å². The van der Waals surface area contributed by atoms with Crippen molar-refractivity contribution in [3.8, 4) is 0 Å². The summed E-state index contributed by atoms with van der Waals surface area (Å²) in [5.41, 5.74) is 0.603. The maximum absolute atomic E-state index is 12.8. The molecule has 1 aliphatic heterocycles. The second-order valence-corrected chi connectivity index (χ2v) is 8.89. The molecule has 25 heavy (non-hydrogen) atoms. The van der Waals surface area contributed by atoms with Crippen LogP contribution in [-0.2, 0) is 10.0 Å². The first-order valence-corrected chi connectivity index (χ1v) is 10.5. The van der Waals surface area contributed by atoms with Crippen LogP contribution in [0.5, 0.6) is 0 Å². The zero-order valence-corrected chi connectivity index (χ0v) is 16.0. The number of carbonyl (C=O) groups excluding carboxylic acids is 1. The van der Waals surface area contributed by atoms with Crippen LogP contribution >= 0.6 is 0 Å². The fourth-order valence-electron chi connectivity index (χ4n) is 2.77. The van der Waals surface area contributed by atoms with E-state index in [2.05, 4.69) is 19.2 Å². The average Bonchev–Trinajstić information content (AvgIpc) is 2.62. The number of hydrogen-bond donors (Lipinski definition) is 1. The minimum atomic E-state index is -3.33. The molecule has 1 aromatic carbocycles. The monoisotopic (exact) mass is 367 g/mol. The van der Waals surface area contributed by atoms with Crippen LogP contribution in [0, 0.1) is 5.92 Å². The van der Waals surface area contributed by atoms with Crippen molar-refractivity contribution in [2.75, 3.05) is 45.0 Å². The topological polar surface area (TPSA) is 69.7 Å². The summed E-state index contributed by atoms with van der Waals surface area (Å²) in [7, 11) is -3.33. The van der Waals surface area contributed by atoms with Crippen LogP contribution in [0.2, 0.25) is 0 Å². The zero-order chi connectivity index (χ0) is 18.3. The van der Waals surface area contributed by atoms with Gasteiger partial charge < -0.3 is 10.2 Å². The number of benzene rings is 1. The first-order chi connectivity index (χ1) is 11.9. The Morgan fingerprint density at radius 2 is 1.80 bits per heavy atom. The Bertz CT molecular complexity index is 641. The van der Waals surface area contributed by atoms with Gasteiger partial charge in [-0.3, -0.25) is 4.79 Å². The van der Waals surface area contributed by atoms with Crippen molar-refractivity contribution in [3.63, 3.8) is 0 Å². The predicted molar refractivity (Wildman–Crippen MR) is 100 cm³/mol. The standard InChI is InChI=1S/C18H29N3O3S/c1-16(2)8-11-20(18(22)17-6-4-3-5-7-17)14-15-25(23,24)21-12-9-19-10-13-21/h3-7,16,19H,8-15H2,1-2H3. The van der Waals surface area contributed by atoms with Gasteiger partial charge in [-0.25, -0.2) is 8.42 Å². The Hall–Kier alpha value is -1.44. The number of amides is 1. The van der Waals surface area contributed by atoms with Gasteiger partial charge in [0.1, 0.15) is 0 Å². The summed E-state index contributed by atoms with van der Waals surface area (Å²) in [5, 5.41) is 3.15. The highest BCUT2D eigenvalue weighted by Crippen LogP contribution is 2.10. The molecule has 1 amide bonds. The summed E-state index contributed by atoms with van der Waals surface area (Å²) in [4.78, 5) is 14.4.